The lowest BCUT2D eigenvalue weighted by Crippen LogP contribution is -2.43. The average Bonchev–Trinajstić information content (AvgIpc) is 2.48. The normalized spacial score (nSPS) is 13.3. The molecule has 0 spiro atoms. The van der Waals surface area contributed by atoms with Gasteiger partial charge in [0.2, 0.25) is 5.91 Å². The van der Waals surface area contributed by atoms with Crippen molar-refractivity contribution in [3.05, 3.63) is 35.4 Å². The van der Waals surface area contributed by atoms with Crippen LogP contribution in [0.25, 0.3) is 0 Å². The Labute approximate surface area is 144 Å². The van der Waals surface area contributed by atoms with Gasteiger partial charge in [0.1, 0.15) is 0 Å². The highest BCUT2D eigenvalue weighted by Crippen LogP contribution is 2.22. The Bertz CT molecular complexity index is 566. The van der Waals surface area contributed by atoms with Crippen molar-refractivity contribution < 1.29 is 14.7 Å². The van der Waals surface area contributed by atoms with E-state index >= 15 is 0 Å². The van der Waals surface area contributed by atoms with Gasteiger partial charge in [0.15, 0.2) is 0 Å². The number of hydrogen-bond acceptors (Lipinski definition) is 3. The first-order valence-corrected chi connectivity index (χ1v) is 8.25. The van der Waals surface area contributed by atoms with E-state index < -0.39 is 6.10 Å². The van der Waals surface area contributed by atoms with Gasteiger partial charge in [0.05, 0.1) is 12.6 Å². The molecule has 1 aromatic rings. The van der Waals surface area contributed by atoms with Gasteiger partial charge >= 0.3 is 0 Å². The van der Waals surface area contributed by atoms with E-state index in [2.05, 4.69) is 31.4 Å². The van der Waals surface area contributed by atoms with Gasteiger partial charge in [-0.3, -0.25) is 9.59 Å². The summed E-state index contributed by atoms with van der Waals surface area (Å²) in [5, 5.41) is 15.1. The second kappa shape index (κ2) is 7.79. The van der Waals surface area contributed by atoms with Crippen molar-refractivity contribution in [3.8, 4) is 0 Å². The minimum absolute atomic E-state index is 0.0305. The summed E-state index contributed by atoms with van der Waals surface area (Å²) in [7, 11) is 0. The van der Waals surface area contributed by atoms with Crippen LogP contribution in [0.4, 0.5) is 0 Å². The lowest BCUT2D eigenvalue weighted by Gasteiger charge is -2.25. The summed E-state index contributed by atoms with van der Waals surface area (Å²) in [4.78, 5) is 23.8. The van der Waals surface area contributed by atoms with Crippen molar-refractivity contribution in [1.29, 1.82) is 0 Å². The minimum Gasteiger partial charge on any atom is -0.391 e. The number of aliphatic hydroxyl groups is 1. The zero-order chi connectivity index (χ0) is 18.5. The molecule has 0 saturated heterocycles. The molecule has 0 aliphatic heterocycles. The fourth-order valence-corrected chi connectivity index (χ4v) is 1.96. The molecule has 134 valence electrons. The molecule has 1 unspecified atom stereocenters. The molecular formula is C19H30N2O3. The van der Waals surface area contributed by atoms with E-state index in [1.54, 1.807) is 12.1 Å². The van der Waals surface area contributed by atoms with E-state index in [0.717, 1.165) is 5.56 Å². The third-order valence-electron chi connectivity index (χ3n) is 3.91. The van der Waals surface area contributed by atoms with Gasteiger partial charge in [-0.25, -0.2) is 0 Å². The third-order valence-corrected chi connectivity index (χ3v) is 3.91. The summed E-state index contributed by atoms with van der Waals surface area (Å²) in [5.74, 6) is -0.611. The van der Waals surface area contributed by atoms with Gasteiger partial charge in [-0.1, -0.05) is 53.7 Å². The first kappa shape index (κ1) is 20.2. The van der Waals surface area contributed by atoms with Crippen LogP contribution in [-0.2, 0) is 10.2 Å². The van der Waals surface area contributed by atoms with Crippen LogP contribution in [0.2, 0.25) is 0 Å². The molecule has 5 heteroatoms. The van der Waals surface area contributed by atoms with E-state index in [9.17, 15) is 14.7 Å². The summed E-state index contributed by atoms with van der Waals surface area (Å²) in [6.45, 7) is 12.1. The van der Waals surface area contributed by atoms with E-state index in [1.165, 1.54) is 0 Å². The quantitative estimate of drug-likeness (QED) is 0.773. The monoisotopic (exact) mass is 334 g/mol. The molecule has 0 fully saturated rings. The van der Waals surface area contributed by atoms with Crippen molar-refractivity contribution in [2.75, 3.05) is 13.1 Å². The van der Waals surface area contributed by atoms with Crippen molar-refractivity contribution >= 4 is 11.8 Å². The number of carbonyl (C=O) groups excluding carboxylic acids is 2. The summed E-state index contributed by atoms with van der Waals surface area (Å²) in [5.41, 5.74) is 1.40. The van der Waals surface area contributed by atoms with Gasteiger partial charge < -0.3 is 15.7 Å². The molecular weight excluding hydrogens is 304 g/mol. The Kier molecular flexibility index (Phi) is 6.55. The number of hydrogen-bond donors (Lipinski definition) is 3. The number of carbonyl (C=O) groups is 2. The molecule has 0 aromatic heterocycles. The van der Waals surface area contributed by atoms with E-state index in [0.29, 0.717) is 5.56 Å². The molecule has 0 heterocycles. The van der Waals surface area contributed by atoms with E-state index in [-0.39, 0.29) is 35.7 Å². The molecule has 5 nitrogen and oxygen atoms in total. The zero-order valence-electron chi connectivity index (χ0n) is 15.6. The first-order chi connectivity index (χ1) is 10.9. The maximum atomic E-state index is 12.1. The van der Waals surface area contributed by atoms with Gasteiger partial charge in [0, 0.05) is 12.1 Å². The van der Waals surface area contributed by atoms with Crippen LogP contribution < -0.4 is 10.6 Å². The van der Waals surface area contributed by atoms with Crippen LogP contribution in [-0.4, -0.2) is 36.1 Å². The van der Waals surface area contributed by atoms with Gasteiger partial charge in [-0.05, 0) is 28.5 Å². The first-order valence-electron chi connectivity index (χ1n) is 8.25. The molecule has 0 aliphatic rings. The number of nitrogens with one attached hydrogen (secondary N) is 2. The van der Waals surface area contributed by atoms with Crippen molar-refractivity contribution in [1.82, 2.24) is 10.6 Å². The topological polar surface area (TPSA) is 78.4 Å². The number of rotatable bonds is 5. The molecule has 1 atom stereocenters. The summed E-state index contributed by atoms with van der Waals surface area (Å²) in [6.07, 6.45) is -0.637. The van der Waals surface area contributed by atoms with E-state index in [4.69, 9.17) is 0 Å². The molecule has 1 aromatic carbocycles. The molecule has 3 N–H and O–H groups in total. The highest BCUT2D eigenvalue weighted by Gasteiger charge is 2.22. The Hall–Kier alpha value is -1.88. The van der Waals surface area contributed by atoms with Crippen molar-refractivity contribution in [3.63, 3.8) is 0 Å². The van der Waals surface area contributed by atoms with Crippen LogP contribution in [0.3, 0.4) is 0 Å². The lowest BCUT2D eigenvalue weighted by atomic mass is 9.87. The molecule has 1 rings (SSSR count). The number of amides is 2. The largest absolute Gasteiger partial charge is 0.391 e. The van der Waals surface area contributed by atoms with Gasteiger partial charge in [0.25, 0.3) is 5.91 Å². The van der Waals surface area contributed by atoms with Gasteiger partial charge in [-0.15, -0.1) is 0 Å². The smallest absolute Gasteiger partial charge is 0.251 e. The fourth-order valence-electron chi connectivity index (χ4n) is 1.96. The van der Waals surface area contributed by atoms with Crippen LogP contribution >= 0.6 is 0 Å². The summed E-state index contributed by atoms with van der Waals surface area (Å²) in [6, 6.07) is 7.37. The Morgan fingerprint density at radius 2 is 1.54 bits per heavy atom. The predicted molar refractivity (Wildman–Crippen MR) is 95.9 cm³/mol. The lowest BCUT2D eigenvalue weighted by molar-refractivity contribution is -0.120. The van der Waals surface area contributed by atoms with Crippen LogP contribution in [0.1, 0.15) is 57.5 Å². The highest BCUT2D eigenvalue weighted by atomic mass is 16.3. The maximum absolute atomic E-state index is 12.1. The fraction of sp³-hybridized carbons (Fsp3) is 0.579. The number of aliphatic hydroxyl groups excluding tert-OH is 1. The molecule has 24 heavy (non-hydrogen) atoms. The third kappa shape index (κ3) is 6.32. The second-order valence-corrected chi connectivity index (χ2v) is 8.20. The van der Waals surface area contributed by atoms with Gasteiger partial charge in [-0.2, -0.15) is 0 Å². The van der Waals surface area contributed by atoms with Crippen LogP contribution in [0.5, 0.6) is 0 Å². The van der Waals surface area contributed by atoms with Crippen LogP contribution in [0, 0.1) is 5.41 Å². The highest BCUT2D eigenvalue weighted by molar-refractivity contribution is 5.96. The molecule has 2 amide bonds. The van der Waals surface area contributed by atoms with Crippen molar-refractivity contribution in [2.45, 2.75) is 53.1 Å². The van der Waals surface area contributed by atoms with Crippen molar-refractivity contribution in [2.24, 2.45) is 5.41 Å². The summed E-state index contributed by atoms with van der Waals surface area (Å²) < 4.78 is 0. The average molecular weight is 334 g/mol. The summed E-state index contributed by atoms with van der Waals surface area (Å²) >= 11 is 0. The number of benzene rings is 1. The Morgan fingerprint density at radius 3 is 2.00 bits per heavy atom. The van der Waals surface area contributed by atoms with E-state index in [1.807, 2.05) is 32.9 Å². The Balaban J connectivity index is 2.47. The van der Waals surface area contributed by atoms with Crippen LogP contribution in [0.15, 0.2) is 24.3 Å². The Morgan fingerprint density at radius 1 is 1.00 bits per heavy atom. The molecule has 0 saturated carbocycles. The molecule has 0 aliphatic carbocycles. The molecule has 0 bridgehead atoms. The zero-order valence-corrected chi connectivity index (χ0v) is 15.6. The standard InChI is InChI=1S/C19H30N2O3/c1-18(2,3)14-9-7-13(8-10-14)17(24)21-12-16(23)20-11-15(22)19(4,5)6/h7-10,15,22H,11-12H2,1-6H3,(H,20,23)(H,21,24). The SMILES string of the molecule is CC(C)(C)c1ccc(C(=O)NCC(=O)NCC(O)C(C)(C)C)cc1. The second-order valence-electron chi connectivity index (χ2n) is 8.20. The minimum atomic E-state index is -0.637. The molecule has 0 radical (unpaired) electrons. The maximum Gasteiger partial charge on any atom is 0.251 e. The predicted octanol–water partition coefficient (Wildman–Crippen LogP) is 2.24.